The van der Waals surface area contributed by atoms with Crippen LogP contribution in [0.4, 0.5) is 34.8 Å². The van der Waals surface area contributed by atoms with Crippen molar-refractivity contribution in [2.24, 2.45) is 0 Å². The molecule has 0 saturated carbocycles. The number of anilines is 3. The van der Waals surface area contributed by atoms with Gasteiger partial charge in [-0.15, -0.1) is 30.0 Å². The van der Waals surface area contributed by atoms with E-state index in [0.29, 0.717) is 24.2 Å². The van der Waals surface area contributed by atoms with Crippen LogP contribution in [0.25, 0.3) is 22.5 Å². The van der Waals surface area contributed by atoms with Crippen molar-refractivity contribution in [2.75, 3.05) is 16.8 Å². The zero-order valence-electron chi connectivity index (χ0n) is 35.0. The van der Waals surface area contributed by atoms with Crippen LogP contribution < -0.4 is 9.80 Å². The summed E-state index contributed by atoms with van der Waals surface area (Å²) in [6.45, 7) is 18.6. The Labute approximate surface area is 360 Å². The summed E-state index contributed by atoms with van der Waals surface area (Å²) in [5, 5.41) is 0. The van der Waals surface area contributed by atoms with Crippen LogP contribution in [0.1, 0.15) is 88.2 Å². The normalized spacial score (nSPS) is 12.5. The van der Waals surface area contributed by atoms with E-state index in [4.69, 9.17) is 4.98 Å². The molecule has 4 heterocycles. The first-order chi connectivity index (χ1) is 27.4. The number of unbranched alkanes of at least 4 members (excludes halogenated alkanes) is 1. The van der Waals surface area contributed by atoms with E-state index in [1.54, 1.807) is 0 Å². The van der Waals surface area contributed by atoms with Gasteiger partial charge in [-0.05, 0) is 104 Å². The maximum Gasteiger partial charge on any atom is 0.124 e. The Bertz CT molecular complexity index is 2290. The van der Waals surface area contributed by atoms with Crippen molar-refractivity contribution >= 4 is 17.2 Å². The molecule has 5 nitrogen and oxygen atoms in total. The molecule has 0 spiro atoms. The number of pyridine rings is 3. The molecular formula is C49H49F4IrN5-4. The summed E-state index contributed by atoms with van der Waals surface area (Å²) in [4.78, 5) is 18.2. The fourth-order valence-electron chi connectivity index (χ4n) is 6.56. The van der Waals surface area contributed by atoms with Crippen molar-refractivity contribution in [1.29, 1.82) is 0 Å². The summed E-state index contributed by atoms with van der Waals surface area (Å²) in [5.74, 6) is -1.77. The van der Waals surface area contributed by atoms with Crippen molar-refractivity contribution < 1.29 is 37.7 Å². The van der Waals surface area contributed by atoms with E-state index in [1.807, 2.05) is 69.2 Å². The number of rotatable bonds is 8. The minimum atomic E-state index is -0.694. The van der Waals surface area contributed by atoms with E-state index in [2.05, 4.69) is 92.5 Å². The van der Waals surface area contributed by atoms with Crippen molar-refractivity contribution in [1.82, 2.24) is 15.0 Å². The van der Waals surface area contributed by atoms with E-state index >= 15 is 0 Å². The van der Waals surface area contributed by atoms with Gasteiger partial charge < -0.3 is 19.8 Å². The van der Waals surface area contributed by atoms with Gasteiger partial charge in [-0.3, -0.25) is 17.6 Å². The maximum absolute atomic E-state index is 14.5. The molecule has 0 unspecified atom stereocenters. The molecule has 59 heavy (non-hydrogen) atoms. The van der Waals surface area contributed by atoms with Crippen LogP contribution in [0.2, 0.25) is 0 Å². The standard InChI is InChI=1S/C34H34F4N2.C15H15N3.Ir/c1-33(2,3)21-15-25(39-31(17-21)27-13-11-23(35)19-29(27)37)9-7-8-10-26-16-22(34(4,5)6)18-32(40-26)28-14-12-24(36)20-30(28)38;1-11-9-14-15(16-12(11)2)18(10-17(14)3)13-7-5-4-6-8-13;/h11-12,15-20H,7-10H2,1-6H3;4-7,9-10H,1-3H3;/q2*-2;. The molecule has 0 atom stereocenters. The first-order valence-electron chi connectivity index (χ1n) is 19.5. The van der Waals surface area contributed by atoms with Crippen molar-refractivity contribution in [3.8, 4) is 22.5 Å². The second kappa shape index (κ2) is 18.6. The Hall–Kier alpha value is -4.92. The van der Waals surface area contributed by atoms with E-state index < -0.39 is 23.3 Å². The van der Waals surface area contributed by atoms with Crippen molar-refractivity contribution in [2.45, 2.75) is 91.9 Å². The molecule has 1 aliphatic heterocycles. The molecular weight excluding hydrogens is 927 g/mol. The van der Waals surface area contributed by atoms with Gasteiger partial charge in [0.25, 0.3) is 0 Å². The average Bonchev–Trinajstić information content (AvgIpc) is 3.47. The largest absolute Gasteiger partial charge is 0.502 e. The molecule has 0 saturated heterocycles. The van der Waals surface area contributed by atoms with Crippen LogP contribution in [0, 0.1) is 62.0 Å². The van der Waals surface area contributed by atoms with Crippen LogP contribution in [0.3, 0.4) is 0 Å². The van der Waals surface area contributed by atoms with Crippen LogP contribution in [0.5, 0.6) is 0 Å². The number of aromatic nitrogens is 3. The maximum atomic E-state index is 14.5. The first-order valence-corrected chi connectivity index (χ1v) is 19.5. The quantitative estimate of drug-likeness (QED) is 0.0864. The molecule has 0 fully saturated rings. The van der Waals surface area contributed by atoms with Gasteiger partial charge in [-0.2, -0.15) is 37.0 Å². The van der Waals surface area contributed by atoms with Gasteiger partial charge in [0.15, 0.2) is 0 Å². The third kappa shape index (κ3) is 11.0. The number of hydrogen-bond donors (Lipinski definition) is 0. The van der Waals surface area contributed by atoms with Gasteiger partial charge in [0.05, 0.1) is 0 Å². The second-order valence-corrected chi connectivity index (χ2v) is 16.8. The van der Waals surface area contributed by atoms with Gasteiger partial charge in [0, 0.05) is 66.1 Å². The smallest absolute Gasteiger partial charge is 0.124 e. The molecule has 6 aromatic rings. The summed E-state index contributed by atoms with van der Waals surface area (Å²) >= 11 is 0. The molecule has 7 rings (SSSR count). The fraction of sp³-hybridized carbons (Fsp3) is 0.306. The molecule has 0 bridgehead atoms. The molecule has 1 aliphatic rings. The monoisotopic (exact) mass is 976 g/mol. The number of halogens is 4. The summed E-state index contributed by atoms with van der Waals surface area (Å²) in [6, 6.07) is 30.4. The zero-order chi connectivity index (χ0) is 41.9. The number of benzene rings is 3. The van der Waals surface area contributed by atoms with Crippen molar-refractivity contribution in [3.05, 3.63) is 161 Å². The Morgan fingerprint density at radius 1 is 0.661 bits per heavy atom. The van der Waals surface area contributed by atoms with E-state index in [1.165, 1.54) is 5.56 Å². The minimum absolute atomic E-state index is 0. The van der Waals surface area contributed by atoms with Crippen LogP contribution in [-0.4, -0.2) is 22.0 Å². The topological polar surface area (TPSA) is 45.2 Å². The third-order valence-corrected chi connectivity index (χ3v) is 10.1. The van der Waals surface area contributed by atoms with Gasteiger partial charge in [0.1, 0.15) is 5.82 Å². The minimum Gasteiger partial charge on any atom is -0.502 e. The summed E-state index contributed by atoms with van der Waals surface area (Å²) in [5.41, 5.74) is 8.86. The Morgan fingerprint density at radius 2 is 1.17 bits per heavy atom. The molecule has 0 N–H and O–H groups in total. The summed E-state index contributed by atoms with van der Waals surface area (Å²) in [7, 11) is 2.04. The Kier molecular flexibility index (Phi) is 14.2. The zero-order valence-corrected chi connectivity index (χ0v) is 37.4. The molecule has 3 aromatic carbocycles. The van der Waals surface area contributed by atoms with E-state index in [0.717, 1.165) is 82.5 Å². The first kappa shape index (κ1) is 45.2. The predicted molar refractivity (Wildman–Crippen MR) is 225 cm³/mol. The van der Waals surface area contributed by atoms with Gasteiger partial charge in [-0.25, -0.2) is 4.98 Å². The third-order valence-electron chi connectivity index (χ3n) is 10.1. The number of hydrogen-bond acceptors (Lipinski definition) is 5. The Morgan fingerprint density at radius 3 is 1.61 bits per heavy atom. The molecule has 311 valence electrons. The number of nitrogens with zero attached hydrogens (tertiary/aromatic N) is 5. The molecule has 0 aliphatic carbocycles. The number of para-hydroxylation sites is 1. The van der Waals surface area contributed by atoms with Gasteiger partial charge >= 0.3 is 0 Å². The number of fused-ring (bicyclic) bond motifs is 1. The molecule has 10 heteroatoms. The SMILES string of the molecule is CC(C)(C)c1cc(CCCCc2cc(C(C)(C)C)cc(-c3[c-]cc(F)cc3F)n2)nc(-c2[c-]cc(F)cc2F)c1.Cc1cc2c(nc1C)N(c1[c-]cccc1)[CH-]N2C.[Ir]. The van der Waals surface area contributed by atoms with E-state index in [9.17, 15) is 17.6 Å². The fourth-order valence-corrected chi connectivity index (χ4v) is 6.56. The van der Waals surface area contributed by atoms with Crippen LogP contribution in [-0.2, 0) is 43.8 Å². The Balaban J connectivity index is 0.000000289. The summed E-state index contributed by atoms with van der Waals surface area (Å²) in [6.07, 6.45) is 2.91. The van der Waals surface area contributed by atoms with Gasteiger partial charge in [-0.1, -0.05) is 76.9 Å². The van der Waals surface area contributed by atoms with Gasteiger partial charge in [0.2, 0.25) is 0 Å². The molecule has 3 aromatic heterocycles. The van der Waals surface area contributed by atoms with Crippen molar-refractivity contribution in [3.63, 3.8) is 0 Å². The number of aryl methyl sites for hydroxylation is 4. The predicted octanol–water partition coefficient (Wildman–Crippen LogP) is 12.3. The molecule has 1 radical (unpaired) electrons. The van der Waals surface area contributed by atoms with Crippen LogP contribution >= 0.6 is 0 Å². The second-order valence-electron chi connectivity index (χ2n) is 16.8. The molecule has 0 amide bonds. The average molecular weight is 976 g/mol. The van der Waals surface area contributed by atoms with Crippen LogP contribution in [0.15, 0.2) is 78.9 Å². The van der Waals surface area contributed by atoms with E-state index in [-0.39, 0.29) is 42.1 Å². The summed E-state index contributed by atoms with van der Waals surface area (Å²) < 4.78 is 56.0.